The fourth-order valence-electron chi connectivity index (χ4n) is 1.88. The summed E-state index contributed by atoms with van der Waals surface area (Å²) in [6.07, 6.45) is 5.12. The summed E-state index contributed by atoms with van der Waals surface area (Å²) < 4.78 is 0. The number of piperidine rings is 1. The lowest BCUT2D eigenvalue weighted by atomic mass is 9.85. The van der Waals surface area contributed by atoms with Crippen LogP contribution in [-0.4, -0.2) is 35.5 Å². The van der Waals surface area contributed by atoms with E-state index in [1.807, 2.05) is 0 Å². The molecule has 0 aromatic heterocycles. The van der Waals surface area contributed by atoms with Crippen LogP contribution in [0.25, 0.3) is 0 Å². The first-order chi connectivity index (χ1) is 5.83. The van der Waals surface area contributed by atoms with Crippen molar-refractivity contribution >= 4 is 0 Å². The third kappa shape index (κ3) is 2.44. The minimum absolute atomic E-state index is 0.0824. The van der Waals surface area contributed by atoms with Gasteiger partial charge < -0.3 is 15.5 Å². The van der Waals surface area contributed by atoms with Crippen LogP contribution < -0.4 is 5.32 Å². The van der Waals surface area contributed by atoms with Crippen LogP contribution in [0.1, 0.15) is 32.1 Å². The van der Waals surface area contributed by atoms with Gasteiger partial charge in [-0.1, -0.05) is 6.42 Å². The van der Waals surface area contributed by atoms with Crippen LogP contribution in [0.4, 0.5) is 0 Å². The van der Waals surface area contributed by atoms with Gasteiger partial charge in [-0.3, -0.25) is 0 Å². The van der Waals surface area contributed by atoms with Crippen molar-refractivity contribution in [1.82, 2.24) is 5.32 Å². The van der Waals surface area contributed by atoms with Crippen LogP contribution in [0.15, 0.2) is 0 Å². The normalized spacial score (nSPS) is 30.5. The molecule has 0 amide bonds. The van der Waals surface area contributed by atoms with Gasteiger partial charge in [0, 0.05) is 12.1 Å². The molecular weight excluding hydrogens is 154 g/mol. The van der Waals surface area contributed by atoms with E-state index in [1.165, 1.54) is 12.8 Å². The van der Waals surface area contributed by atoms with Crippen molar-refractivity contribution in [2.24, 2.45) is 0 Å². The van der Waals surface area contributed by atoms with Gasteiger partial charge >= 0.3 is 0 Å². The number of hydrogen-bond acceptors (Lipinski definition) is 3. The highest BCUT2D eigenvalue weighted by Gasteiger charge is 2.29. The van der Waals surface area contributed by atoms with Gasteiger partial charge in [0.1, 0.15) is 0 Å². The fourth-order valence-corrected chi connectivity index (χ4v) is 1.88. The third-order valence-electron chi connectivity index (χ3n) is 2.70. The molecule has 3 heteroatoms. The van der Waals surface area contributed by atoms with E-state index < -0.39 is 0 Å². The average Bonchev–Trinajstić information content (AvgIpc) is 2.16. The van der Waals surface area contributed by atoms with Crippen LogP contribution in [0.2, 0.25) is 0 Å². The molecule has 0 radical (unpaired) electrons. The van der Waals surface area contributed by atoms with Gasteiger partial charge in [-0.2, -0.15) is 0 Å². The Kier molecular flexibility index (Phi) is 3.98. The van der Waals surface area contributed by atoms with Gasteiger partial charge in [0.15, 0.2) is 0 Å². The summed E-state index contributed by atoms with van der Waals surface area (Å²) in [6.45, 7) is 1.43. The summed E-state index contributed by atoms with van der Waals surface area (Å²) in [4.78, 5) is 0. The molecule has 1 unspecified atom stereocenters. The van der Waals surface area contributed by atoms with Gasteiger partial charge in [-0.15, -0.1) is 0 Å². The molecule has 1 fully saturated rings. The molecule has 3 nitrogen and oxygen atoms in total. The molecule has 1 aliphatic rings. The Balaban J connectivity index is 2.37. The van der Waals surface area contributed by atoms with Gasteiger partial charge in [0.2, 0.25) is 0 Å². The Hall–Kier alpha value is -0.120. The molecule has 1 atom stereocenters. The molecule has 12 heavy (non-hydrogen) atoms. The molecular formula is C9H19NO2. The van der Waals surface area contributed by atoms with Gasteiger partial charge in [-0.05, 0) is 32.2 Å². The second kappa shape index (κ2) is 4.80. The quantitative estimate of drug-likeness (QED) is 0.571. The number of rotatable bonds is 4. The minimum atomic E-state index is -0.0824. The maximum atomic E-state index is 9.22. The largest absolute Gasteiger partial charge is 0.396 e. The molecule has 0 spiro atoms. The first-order valence-electron chi connectivity index (χ1n) is 4.80. The zero-order chi connectivity index (χ0) is 8.86. The lowest BCUT2D eigenvalue weighted by Gasteiger charge is -2.36. The summed E-state index contributed by atoms with van der Waals surface area (Å²) in [7, 11) is 0. The molecule has 72 valence electrons. The van der Waals surface area contributed by atoms with Crippen molar-refractivity contribution in [3.8, 4) is 0 Å². The predicted molar refractivity (Wildman–Crippen MR) is 48.0 cm³/mol. The van der Waals surface area contributed by atoms with E-state index in [0.717, 1.165) is 25.8 Å². The van der Waals surface area contributed by atoms with Crippen LogP contribution in [-0.2, 0) is 0 Å². The molecule has 0 aromatic rings. The minimum Gasteiger partial charge on any atom is -0.396 e. The summed E-state index contributed by atoms with van der Waals surface area (Å²) in [5.41, 5.74) is -0.0824. The first-order valence-corrected chi connectivity index (χ1v) is 4.80. The van der Waals surface area contributed by atoms with Crippen LogP contribution in [0, 0.1) is 0 Å². The highest BCUT2D eigenvalue weighted by molar-refractivity contribution is 4.89. The smallest absolute Gasteiger partial charge is 0.0613 e. The van der Waals surface area contributed by atoms with Crippen LogP contribution in [0.3, 0.4) is 0 Å². The number of nitrogens with one attached hydrogen (secondary N) is 1. The predicted octanol–water partition coefficient (Wildman–Crippen LogP) is 0.263. The van der Waals surface area contributed by atoms with Crippen LogP contribution in [0.5, 0.6) is 0 Å². The number of aliphatic hydroxyl groups is 2. The SMILES string of the molecule is OCCCC1(CO)CCCCN1. The maximum Gasteiger partial charge on any atom is 0.0613 e. The molecule has 1 saturated heterocycles. The Morgan fingerprint density at radius 3 is 2.58 bits per heavy atom. The van der Waals surface area contributed by atoms with E-state index in [0.29, 0.717) is 0 Å². The molecule has 1 heterocycles. The van der Waals surface area contributed by atoms with E-state index in [2.05, 4.69) is 5.32 Å². The Morgan fingerprint density at radius 2 is 2.08 bits per heavy atom. The van der Waals surface area contributed by atoms with E-state index in [4.69, 9.17) is 5.11 Å². The van der Waals surface area contributed by atoms with Crippen molar-refractivity contribution in [1.29, 1.82) is 0 Å². The lowest BCUT2D eigenvalue weighted by Crippen LogP contribution is -2.51. The fraction of sp³-hybridized carbons (Fsp3) is 1.00. The molecule has 3 N–H and O–H groups in total. The topological polar surface area (TPSA) is 52.5 Å². The molecule has 0 aliphatic carbocycles. The van der Waals surface area contributed by atoms with Crippen molar-refractivity contribution in [2.75, 3.05) is 19.8 Å². The van der Waals surface area contributed by atoms with E-state index in [9.17, 15) is 5.11 Å². The van der Waals surface area contributed by atoms with Crippen molar-refractivity contribution in [3.05, 3.63) is 0 Å². The second-order valence-corrected chi connectivity index (χ2v) is 3.65. The van der Waals surface area contributed by atoms with Crippen molar-refractivity contribution in [3.63, 3.8) is 0 Å². The van der Waals surface area contributed by atoms with Crippen LogP contribution >= 0.6 is 0 Å². The monoisotopic (exact) mass is 173 g/mol. The standard InChI is InChI=1S/C9H19NO2/c11-7-3-5-9(8-12)4-1-2-6-10-9/h10-12H,1-8H2. The summed E-state index contributed by atoms with van der Waals surface area (Å²) in [5, 5.41) is 21.3. The van der Waals surface area contributed by atoms with Gasteiger partial charge in [-0.25, -0.2) is 0 Å². The third-order valence-corrected chi connectivity index (χ3v) is 2.70. The highest BCUT2D eigenvalue weighted by atomic mass is 16.3. The zero-order valence-electron chi connectivity index (χ0n) is 7.55. The summed E-state index contributed by atoms with van der Waals surface area (Å²) in [6, 6.07) is 0. The molecule has 1 rings (SSSR count). The zero-order valence-corrected chi connectivity index (χ0v) is 7.55. The highest BCUT2D eigenvalue weighted by Crippen LogP contribution is 2.23. The number of hydrogen-bond donors (Lipinski definition) is 3. The van der Waals surface area contributed by atoms with E-state index >= 15 is 0 Å². The maximum absolute atomic E-state index is 9.22. The lowest BCUT2D eigenvalue weighted by molar-refractivity contribution is 0.114. The van der Waals surface area contributed by atoms with E-state index in [1.54, 1.807) is 0 Å². The Bertz CT molecular complexity index is 122. The van der Waals surface area contributed by atoms with E-state index in [-0.39, 0.29) is 18.8 Å². The molecule has 0 bridgehead atoms. The molecule has 0 aromatic carbocycles. The summed E-state index contributed by atoms with van der Waals surface area (Å²) >= 11 is 0. The number of aliphatic hydroxyl groups excluding tert-OH is 2. The Morgan fingerprint density at radius 1 is 1.25 bits per heavy atom. The average molecular weight is 173 g/mol. The van der Waals surface area contributed by atoms with Crippen molar-refractivity contribution < 1.29 is 10.2 Å². The van der Waals surface area contributed by atoms with Gasteiger partial charge in [0.05, 0.1) is 6.61 Å². The second-order valence-electron chi connectivity index (χ2n) is 3.65. The molecule has 0 saturated carbocycles. The first kappa shape index (κ1) is 9.96. The molecule has 1 aliphatic heterocycles. The Labute approximate surface area is 73.8 Å². The summed E-state index contributed by atoms with van der Waals surface area (Å²) in [5.74, 6) is 0. The van der Waals surface area contributed by atoms with Crippen molar-refractivity contribution in [2.45, 2.75) is 37.6 Å². The van der Waals surface area contributed by atoms with Gasteiger partial charge in [0.25, 0.3) is 0 Å².